The van der Waals surface area contributed by atoms with Crippen LogP contribution in [-0.4, -0.2) is 20.7 Å². The molecular formula is C10H11N5O. The maximum Gasteiger partial charge on any atom is 0.250 e. The first-order valence-electron chi connectivity index (χ1n) is 5.00. The Morgan fingerprint density at radius 3 is 3.12 bits per heavy atom. The topological polar surface area (TPSA) is 103 Å². The molecule has 2 aromatic heterocycles. The molecule has 1 aliphatic rings. The number of nitrogen functional groups attached to an aromatic ring is 1. The van der Waals surface area contributed by atoms with Crippen LogP contribution in [0.15, 0.2) is 12.3 Å². The van der Waals surface area contributed by atoms with Gasteiger partial charge >= 0.3 is 0 Å². The molecule has 1 amide bonds. The smallest absolute Gasteiger partial charge is 0.250 e. The predicted octanol–water partition coefficient (Wildman–Crippen LogP) is 0.115. The Hall–Kier alpha value is -2.24. The summed E-state index contributed by atoms with van der Waals surface area (Å²) in [6.07, 6.45) is 2.58. The van der Waals surface area contributed by atoms with E-state index in [4.69, 9.17) is 11.5 Å². The average Bonchev–Trinajstić information content (AvgIpc) is 2.81. The number of aryl methyl sites for hydroxylation is 1. The lowest BCUT2D eigenvalue weighted by Crippen LogP contribution is -2.10. The van der Waals surface area contributed by atoms with Crippen molar-refractivity contribution in [2.24, 2.45) is 5.73 Å². The molecule has 0 saturated heterocycles. The number of nitrogens with two attached hydrogens (primary N) is 2. The van der Waals surface area contributed by atoms with Crippen LogP contribution in [-0.2, 0) is 13.0 Å². The molecule has 0 aliphatic carbocycles. The van der Waals surface area contributed by atoms with Gasteiger partial charge in [0.2, 0.25) is 5.91 Å². The summed E-state index contributed by atoms with van der Waals surface area (Å²) in [5.41, 5.74) is 14.3. The second-order valence-electron chi connectivity index (χ2n) is 3.88. The van der Waals surface area contributed by atoms with Gasteiger partial charge in [-0.2, -0.15) is 5.10 Å². The normalized spacial score (nSPS) is 13.2. The molecule has 0 spiro atoms. The van der Waals surface area contributed by atoms with Crippen LogP contribution in [0.1, 0.15) is 15.9 Å². The van der Waals surface area contributed by atoms with Crippen LogP contribution < -0.4 is 11.5 Å². The largest absolute Gasteiger partial charge is 0.382 e. The molecular weight excluding hydrogens is 206 g/mol. The molecule has 1 aliphatic heterocycles. The average molecular weight is 217 g/mol. The predicted molar refractivity (Wildman–Crippen MR) is 58.6 cm³/mol. The van der Waals surface area contributed by atoms with Crippen molar-refractivity contribution in [1.29, 1.82) is 0 Å². The first-order chi connectivity index (χ1) is 7.66. The van der Waals surface area contributed by atoms with Gasteiger partial charge in [0.05, 0.1) is 17.0 Å². The number of hydrogen-bond acceptors (Lipinski definition) is 3. The summed E-state index contributed by atoms with van der Waals surface area (Å²) < 4.78 is 1.99. The molecule has 0 unspecified atom stereocenters. The van der Waals surface area contributed by atoms with Crippen LogP contribution in [0.4, 0.5) is 5.82 Å². The standard InChI is InChI=1S/C10H11N5O/c11-9-6-1-2-15-4-5(10(12)16)3-7(15)8(6)13-14-9/h3-4H,1-2H2,(H2,12,16)(H3,11,13,14). The highest BCUT2D eigenvalue weighted by Gasteiger charge is 2.22. The fourth-order valence-corrected chi connectivity index (χ4v) is 2.12. The number of carbonyl (C=O) groups is 1. The molecule has 3 heterocycles. The number of fused-ring (bicyclic) bond motifs is 3. The van der Waals surface area contributed by atoms with Gasteiger partial charge in [0.25, 0.3) is 0 Å². The number of anilines is 1. The monoisotopic (exact) mass is 217 g/mol. The van der Waals surface area contributed by atoms with Gasteiger partial charge in [0, 0.05) is 18.3 Å². The molecule has 0 bridgehead atoms. The molecule has 2 aromatic rings. The van der Waals surface area contributed by atoms with E-state index in [1.807, 2.05) is 4.57 Å². The molecule has 0 fully saturated rings. The fraction of sp³-hybridized carbons (Fsp3) is 0.200. The Morgan fingerprint density at radius 1 is 1.56 bits per heavy atom. The molecule has 6 heteroatoms. The number of hydrogen-bond donors (Lipinski definition) is 3. The number of aromatic amines is 1. The van der Waals surface area contributed by atoms with E-state index >= 15 is 0 Å². The summed E-state index contributed by atoms with van der Waals surface area (Å²) in [4.78, 5) is 11.1. The van der Waals surface area contributed by atoms with Crippen molar-refractivity contribution in [2.75, 3.05) is 5.73 Å². The third-order valence-electron chi connectivity index (χ3n) is 2.94. The van der Waals surface area contributed by atoms with Crippen molar-refractivity contribution in [2.45, 2.75) is 13.0 Å². The van der Waals surface area contributed by atoms with Gasteiger partial charge in [-0.05, 0) is 12.5 Å². The first kappa shape index (κ1) is 9.02. The maximum absolute atomic E-state index is 11.1. The Labute approximate surface area is 91.2 Å². The van der Waals surface area contributed by atoms with E-state index in [0.29, 0.717) is 11.4 Å². The fourth-order valence-electron chi connectivity index (χ4n) is 2.12. The number of nitrogens with zero attached hydrogens (tertiary/aromatic N) is 2. The van der Waals surface area contributed by atoms with Crippen LogP contribution in [0, 0.1) is 0 Å². The molecule has 0 aromatic carbocycles. The summed E-state index contributed by atoms with van der Waals surface area (Å²) in [5.74, 6) is 0.110. The number of primary amides is 1. The van der Waals surface area contributed by atoms with Crippen LogP contribution in [0.3, 0.4) is 0 Å². The van der Waals surface area contributed by atoms with Crippen LogP contribution in [0.2, 0.25) is 0 Å². The van der Waals surface area contributed by atoms with Gasteiger partial charge in [-0.25, -0.2) is 0 Å². The molecule has 6 nitrogen and oxygen atoms in total. The van der Waals surface area contributed by atoms with E-state index in [-0.39, 0.29) is 0 Å². The van der Waals surface area contributed by atoms with E-state index in [1.54, 1.807) is 12.3 Å². The van der Waals surface area contributed by atoms with Crippen molar-refractivity contribution < 1.29 is 4.79 Å². The van der Waals surface area contributed by atoms with Gasteiger partial charge < -0.3 is 16.0 Å². The summed E-state index contributed by atoms with van der Waals surface area (Å²) in [6.45, 7) is 0.791. The number of amides is 1. The molecule has 16 heavy (non-hydrogen) atoms. The number of nitrogens with one attached hydrogen (secondary N) is 1. The van der Waals surface area contributed by atoms with Crippen LogP contribution in [0.25, 0.3) is 11.4 Å². The zero-order valence-corrected chi connectivity index (χ0v) is 8.53. The van der Waals surface area contributed by atoms with Crippen molar-refractivity contribution in [3.63, 3.8) is 0 Å². The van der Waals surface area contributed by atoms with Crippen molar-refractivity contribution in [1.82, 2.24) is 14.8 Å². The van der Waals surface area contributed by atoms with Gasteiger partial charge in [0.15, 0.2) is 0 Å². The minimum absolute atomic E-state index is 0.420. The number of carbonyl (C=O) groups excluding carboxylic acids is 1. The summed E-state index contributed by atoms with van der Waals surface area (Å²) in [6, 6.07) is 1.76. The lowest BCUT2D eigenvalue weighted by Gasteiger charge is -2.14. The summed E-state index contributed by atoms with van der Waals surface area (Å²) in [7, 11) is 0. The molecule has 82 valence electrons. The summed E-state index contributed by atoms with van der Waals surface area (Å²) in [5, 5.41) is 6.86. The Balaban J connectivity index is 2.20. The highest BCUT2D eigenvalue weighted by atomic mass is 16.1. The second-order valence-corrected chi connectivity index (χ2v) is 3.88. The van der Waals surface area contributed by atoms with Gasteiger partial charge in [-0.1, -0.05) is 0 Å². The minimum atomic E-state index is -0.420. The second kappa shape index (κ2) is 2.88. The SMILES string of the molecule is NC(=O)c1cc2n(c1)CCc1c(N)n[nH]c1-2. The van der Waals surface area contributed by atoms with Gasteiger partial charge in [-0.3, -0.25) is 9.89 Å². The highest BCUT2D eigenvalue weighted by Crippen LogP contribution is 2.31. The Morgan fingerprint density at radius 2 is 2.38 bits per heavy atom. The Kier molecular flexibility index (Phi) is 1.62. The summed E-state index contributed by atoms with van der Waals surface area (Å²) >= 11 is 0. The minimum Gasteiger partial charge on any atom is -0.382 e. The Bertz CT molecular complexity index is 580. The zero-order valence-electron chi connectivity index (χ0n) is 8.53. The van der Waals surface area contributed by atoms with Crippen LogP contribution >= 0.6 is 0 Å². The van der Waals surface area contributed by atoms with E-state index in [1.165, 1.54) is 0 Å². The zero-order chi connectivity index (χ0) is 11.3. The van der Waals surface area contributed by atoms with Crippen molar-refractivity contribution in [3.8, 4) is 11.4 Å². The maximum atomic E-state index is 11.1. The van der Waals surface area contributed by atoms with E-state index in [9.17, 15) is 4.79 Å². The highest BCUT2D eigenvalue weighted by molar-refractivity contribution is 5.94. The quantitative estimate of drug-likeness (QED) is 0.631. The first-order valence-corrected chi connectivity index (χ1v) is 5.00. The lowest BCUT2D eigenvalue weighted by atomic mass is 10.1. The van der Waals surface area contributed by atoms with Crippen LogP contribution in [0.5, 0.6) is 0 Å². The molecule has 0 saturated carbocycles. The van der Waals surface area contributed by atoms with E-state index < -0.39 is 5.91 Å². The molecule has 5 N–H and O–H groups in total. The molecule has 3 rings (SSSR count). The van der Waals surface area contributed by atoms with Gasteiger partial charge in [0.1, 0.15) is 5.82 Å². The van der Waals surface area contributed by atoms with E-state index in [0.717, 1.165) is 29.9 Å². The molecule has 0 radical (unpaired) electrons. The lowest BCUT2D eigenvalue weighted by molar-refractivity contribution is 0.100. The van der Waals surface area contributed by atoms with E-state index in [2.05, 4.69) is 10.2 Å². The number of rotatable bonds is 1. The van der Waals surface area contributed by atoms with Crippen molar-refractivity contribution in [3.05, 3.63) is 23.4 Å². The third kappa shape index (κ3) is 1.06. The van der Waals surface area contributed by atoms with Crippen molar-refractivity contribution >= 4 is 11.7 Å². The van der Waals surface area contributed by atoms with Gasteiger partial charge in [-0.15, -0.1) is 0 Å². The third-order valence-corrected chi connectivity index (χ3v) is 2.94. The number of H-pyrrole nitrogens is 1. The molecule has 0 atom stereocenters. The number of aromatic nitrogens is 3.